The second kappa shape index (κ2) is 3.51. The van der Waals surface area contributed by atoms with Crippen molar-refractivity contribution in [3.63, 3.8) is 0 Å². The monoisotopic (exact) mass is 161 g/mol. The summed E-state index contributed by atoms with van der Waals surface area (Å²) < 4.78 is 23.3. The standard InChI is InChI=1S/C6H5F2NS/c7-6(8)10-5-3-1-2-4-9-5/h1-4,6H. The summed E-state index contributed by atoms with van der Waals surface area (Å²) in [5, 5.41) is 0.359. The molecule has 0 N–H and O–H groups in total. The van der Waals surface area contributed by atoms with Crippen LogP contribution in [0.5, 0.6) is 0 Å². The molecule has 1 rings (SSSR count). The van der Waals surface area contributed by atoms with Crippen LogP contribution < -0.4 is 0 Å². The highest BCUT2D eigenvalue weighted by atomic mass is 32.2. The quantitative estimate of drug-likeness (QED) is 0.618. The summed E-state index contributed by atoms with van der Waals surface area (Å²) in [5.41, 5.74) is 0. The minimum absolute atomic E-state index is 0.359. The fourth-order valence-electron chi connectivity index (χ4n) is 0.508. The van der Waals surface area contributed by atoms with Gasteiger partial charge in [0, 0.05) is 6.20 Å². The van der Waals surface area contributed by atoms with E-state index in [-0.39, 0.29) is 0 Å². The number of halogens is 2. The van der Waals surface area contributed by atoms with Crippen molar-refractivity contribution in [3.8, 4) is 0 Å². The Hall–Kier alpha value is -0.640. The Morgan fingerprint density at radius 2 is 2.20 bits per heavy atom. The number of pyridine rings is 1. The second-order valence-corrected chi connectivity index (χ2v) is 2.56. The topological polar surface area (TPSA) is 12.9 Å². The summed E-state index contributed by atoms with van der Waals surface area (Å²) in [6, 6.07) is 4.92. The number of nitrogens with zero attached hydrogens (tertiary/aromatic N) is 1. The van der Waals surface area contributed by atoms with Crippen LogP contribution in [0.3, 0.4) is 0 Å². The molecule has 0 amide bonds. The summed E-state index contributed by atoms with van der Waals surface area (Å²) in [5.74, 6) is -2.38. The number of thioether (sulfide) groups is 1. The molecule has 0 aliphatic rings. The lowest BCUT2D eigenvalue weighted by Crippen LogP contribution is -1.83. The molecular weight excluding hydrogens is 156 g/mol. The lowest BCUT2D eigenvalue weighted by molar-refractivity contribution is 0.252. The van der Waals surface area contributed by atoms with E-state index in [9.17, 15) is 8.78 Å². The first-order valence-corrected chi connectivity index (χ1v) is 3.53. The van der Waals surface area contributed by atoms with Crippen LogP contribution in [0.1, 0.15) is 0 Å². The predicted octanol–water partition coefficient (Wildman–Crippen LogP) is 2.40. The number of hydrogen-bond donors (Lipinski definition) is 0. The van der Waals surface area contributed by atoms with E-state index in [4.69, 9.17) is 0 Å². The van der Waals surface area contributed by atoms with Crippen LogP contribution in [0.15, 0.2) is 29.4 Å². The molecule has 1 nitrogen and oxygen atoms in total. The Morgan fingerprint density at radius 1 is 1.40 bits per heavy atom. The van der Waals surface area contributed by atoms with Gasteiger partial charge in [-0.05, 0) is 23.9 Å². The number of rotatable bonds is 2. The van der Waals surface area contributed by atoms with E-state index in [1.54, 1.807) is 18.2 Å². The molecule has 0 aliphatic heterocycles. The minimum Gasteiger partial charge on any atom is -0.250 e. The van der Waals surface area contributed by atoms with Gasteiger partial charge in [0.05, 0.1) is 0 Å². The molecule has 0 radical (unpaired) electrons. The molecular formula is C6H5F2NS. The molecule has 0 atom stereocenters. The van der Waals surface area contributed by atoms with Gasteiger partial charge in [0.1, 0.15) is 5.03 Å². The van der Waals surface area contributed by atoms with E-state index in [1.165, 1.54) is 6.20 Å². The largest absolute Gasteiger partial charge is 0.290 e. The first kappa shape index (κ1) is 7.47. The molecule has 1 heterocycles. The van der Waals surface area contributed by atoms with Gasteiger partial charge in [0.2, 0.25) is 0 Å². The van der Waals surface area contributed by atoms with Crippen molar-refractivity contribution in [3.05, 3.63) is 24.4 Å². The van der Waals surface area contributed by atoms with Crippen LogP contribution in [0.25, 0.3) is 0 Å². The summed E-state index contributed by atoms with van der Waals surface area (Å²) in [4.78, 5) is 3.70. The fraction of sp³-hybridized carbons (Fsp3) is 0.167. The maximum atomic E-state index is 11.6. The van der Waals surface area contributed by atoms with Gasteiger partial charge in [-0.3, -0.25) is 0 Å². The van der Waals surface area contributed by atoms with Crippen molar-refractivity contribution in [2.75, 3.05) is 0 Å². The fourth-order valence-corrected chi connectivity index (χ4v) is 0.969. The summed E-state index contributed by atoms with van der Waals surface area (Å²) >= 11 is 0.454. The van der Waals surface area contributed by atoms with Crippen LogP contribution in [0, 0.1) is 0 Å². The van der Waals surface area contributed by atoms with Gasteiger partial charge < -0.3 is 0 Å². The van der Waals surface area contributed by atoms with Gasteiger partial charge in [0.15, 0.2) is 0 Å². The zero-order valence-electron chi connectivity index (χ0n) is 5.00. The number of alkyl halides is 2. The third kappa shape index (κ3) is 2.31. The van der Waals surface area contributed by atoms with E-state index in [0.717, 1.165) is 0 Å². The molecule has 0 fully saturated rings. The summed E-state index contributed by atoms with van der Waals surface area (Å²) in [6.07, 6.45) is 1.49. The predicted molar refractivity (Wildman–Crippen MR) is 36.1 cm³/mol. The average Bonchev–Trinajstić information content (AvgIpc) is 1.88. The van der Waals surface area contributed by atoms with Crippen LogP contribution in [0.2, 0.25) is 0 Å². The Morgan fingerprint density at radius 3 is 2.70 bits per heavy atom. The minimum atomic E-state index is -2.38. The molecule has 10 heavy (non-hydrogen) atoms. The molecule has 0 aliphatic carbocycles. The third-order valence-electron chi connectivity index (χ3n) is 0.848. The lowest BCUT2D eigenvalue weighted by atomic mass is 10.5. The Kier molecular flexibility index (Phi) is 2.62. The summed E-state index contributed by atoms with van der Waals surface area (Å²) in [6.45, 7) is 0. The molecule has 0 saturated carbocycles. The van der Waals surface area contributed by atoms with E-state index in [2.05, 4.69) is 4.98 Å². The zero-order valence-corrected chi connectivity index (χ0v) is 5.81. The van der Waals surface area contributed by atoms with E-state index in [1.807, 2.05) is 0 Å². The molecule has 0 bridgehead atoms. The average molecular weight is 161 g/mol. The first-order valence-electron chi connectivity index (χ1n) is 2.65. The molecule has 0 saturated heterocycles. The smallest absolute Gasteiger partial charge is 0.250 e. The Labute approximate surface area is 61.5 Å². The Balaban J connectivity index is 2.59. The molecule has 1 aromatic heterocycles. The van der Waals surface area contributed by atoms with Gasteiger partial charge in [0.25, 0.3) is 5.76 Å². The maximum absolute atomic E-state index is 11.6. The third-order valence-corrected chi connectivity index (χ3v) is 1.51. The SMILES string of the molecule is FC(F)Sc1ccccn1. The molecule has 0 spiro atoms. The Bertz CT molecular complexity index is 190. The van der Waals surface area contributed by atoms with Gasteiger partial charge >= 0.3 is 0 Å². The molecule has 0 aromatic carbocycles. The maximum Gasteiger partial charge on any atom is 0.290 e. The van der Waals surface area contributed by atoms with E-state index in [0.29, 0.717) is 16.8 Å². The van der Waals surface area contributed by atoms with Crippen molar-refractivity contribution >= 4 is 11.8 Å². The highest BCUT2D eigenvalue weighted by Gasteiger charge is 2.03. The van der Waals surface area contributed by atoms with E-state index < -0.39 is 5.76 Å². The van der Waals surface area contributed by atoms with Gasteiger partial charge in [-0.15, -0.1) is 0 Å². The van der Waals surface area contributed by atoms with Gasteiger partial charge in [-0.25, -0.2) is 4.98 Å². The van der Waals surface area contributed by atoms with E-state index >= 15 is 0 Å². The number of hydrogen-bond acceptors (Lipinski definition) is 2. The molecule has 0 unspecified atom stereocenters. The second-order valence-electron chi connectivity index (χ2n) is 1.55. The van der Waals surface area contributed by atoms with Crippen molar-refractivity contribution in [1.29, 1.82) is 0 Å². The van der Waals surface area contributed by atoms with Crippen molar-refractivity contribution in [1.82, 2.24) is 4.98 Å². The molecule has 4 heteroatoms. The van der Waals surface area contributed by atoms with Crippen molar-refractivity contribution in [2.45, 2.75) is 10.8 Å². The first-order chi connectivity index (χ1) is 4.79. The van der Waals surface area contributed by atoms with Gasteiger partial charge in [-0.2, -0.15) is 8.78 Å². The highest BCUT2D eigenvalue weighted by Crippen LogP contribution is 2.21. The number of aromatic nitrogens is 1. The van der Waals surface area contributed by atoms with Crippen LogP contribution in [-0.4, -0.2) is 10.7 Å². The lowest BCUT2D eigenvalue weighted by Gasteiger charge is -1.95. The highest BCUT2D eigenvalue weighted by molar-refractivity contribution is 7.99. The molecule has 54 valence electrons. The normalized spacial score (nSPS) is 10.3. The summed E-state index contributed by atoms with van der Waals surface area (Å²) in [7, 11) is 0. The van der Waals surface area contributed by atoms with Crippen LogP contribution in [0.4, 0.5) is 8.78 Å². The van der Waals surface area contributed by atoms with Crippen LogP contribution in [-0.2, 0) is 0 Å². The molecule has 1 aromatic rings. The van der Waals surface area contributed by atoms with Gasteiger partial charge in [-0.1, -0.05) is 6.07 Å². The van der Waals surface area contributed by atoms with Crippen molar-refractivity contribution < 1.29 is 8.78 Å². The van der Waals surface area contributed by atoms with Crippen molar-refractivity contribution in [2.24, 2.45) is 0 Å². The zero-order chi connectivity index (χ0) is 7.40. The van der Waals surface area contributed by atoms with Crippen LogP contribution >= 0.6 is 11.8 Å².